The smallest absolute Gasteiger partial charge is 0.338 e. The minimum Gasteiger partial charge on any atom is -0.495 e. The van der Waals surface area contributed by atoms with Crippen molar-refractivity contribution in [2.24, 2.45) is 4.99 Å². The normalized spacial score (nSPS) is 14.1. The summed E-state index contributed by atoms with van der Waals surface area (Å²) < 4.78 is 29.9. The maximum Gasteiger partial charge on any atom is 0.338 e. The monoisotopic (exact) mass is 671 g/mol. The maximum absolute atomic E-state index is 14.0. The molecule has 0 unspecified atom stereocenters. The number of hydrogen-bond donors (Lipinski definition) is 1. The second-order valence-corrected chi connectivity index (χ2v) is 11.5. The number of amides is 1. The highest BCUT2D eigenvalue weighted by Crippen LogP contribution is 2.32. The first kappa shape index (κ1) is 34.0. The third kappa shape index (κ3) is 7.44. The average Bonchev–Trinajstić information content (AvgIpc) is 3.38. The molecule has 0 spiro atoms. The van der Waals surface area contributed by atoms with E-state index in [4.69, 9.17) is 23.7 Å². The number of allylic oxidation sites excluding steroid dienone is 1. The van der Waals surface area contributed by atoms with E-state index in [2.05, 4.69) is 10.3 Å². The Morgan fingerprint density at radius 2 is 1.67 bits per heavy atom. The summed E-state index contributed by atoms with van der Waals surface area (Å²) in [5.74, 6) is 1.11. The number of thiazole rings is 1. The van der Waals surface area contributed by atoms with Crippen molar-refractivity contribution in [3.05, 3.63) is 109 Å². The van der Waals surface area contributed by atoms with Gasteiger partial charge < -0.3 is 29.0 Å². The number of benzene rings is 3. The summed E-state index contributed by atoms with van der Waals surface area (Å²) in [6, 6.07) is 18.9. The number of hydrogen-bond acceptors (Lipinski definition) is 10. The lowest BCUT2D eigenvalue weighted by molar-refractivity contribution is -0.139. The molecule has 2 heterocycles. The van der Waals surface area contributed by atoms with Crippen LogP contribution in [0.4, 0.5) is 5.69 Å². The number of para-hydroxylation sites is 2. The predicted molar refractivity (Wildman–Crippen MR) is 183 cm³/mol. The molecule has 0 aliphatic carbocycles. The third-order valence-corrected chi connectivity index (χ3v) is 8.31. The molecule has 250 valence electrons. The number of aromatic nitrogens is 1. The summed E-state index contributed by atoms with van der Waals surface area (Å²) in [6.45, 7) is 8.01. The van der Waals surface area contributed by atoms with E-state index in [1.165, 1.54) is 23.0 Å². The van der Waals surface area contributed by atoms with Crippen molar-refractivity contribution in [3.8, 4) is 23.0 Å². The summed E-state index contributed by atoms with van der Waals surface area (Å²) in [5, 5.41) is 2.78. The predicted octanol–water partition coefficient (Wildman–Crippen LogP) is 4.62. The Bertz CT molecular complexity index is 2010. The number of carbonyl (C=O) groups is 2. The first-order valence-electron chi connectivity index (χ1n) is 15.5. The van der Waals surface area contributed by atoms with Crippen molar-refractivity contribution in [1.29, 1.82) is 0 Å². The molecule has 5 rings (SSSR count). The fraction of sp³-hybridized carbons (Fsp3) is 0.278. The molecule has 0 radical (unpaired) electrons. The van der Waals surface area contributed by atoms with Gasteiger partial charge in [-0.2, -0.15) is 0 Å². The van der Waals surface area contributed by atoms with Crippen molar-refractivity contribution in [2.75, 3.05) is 38.9 Å². The molecule has 0 saturated carbocycles. The van der Waals surface area contributed by atoms with Gasteiger partial charge >= 0.3 is 5.97 Å². The highest BCUT2D eigenvalue weighted by Gasteiger charge is 2.33. The minimum absolute atomic E-state index is 0.185. The number of rotatable bonds is 13. The Balaban J connectivity index is 1.47. The quantitative estimate of drug-likeness (QED) is 0.204. The van der Waals surface area contributed by atoms with Gasteiger partial charge in [-0.15, -0.1) is 0 Å². The molecule has 1 aliphatic rings. The van der Waals surface area contributed by atoms with E-state index in [0.29, 0.717) is 68.1 Å². The molecule has 1 amide bonds. The zero-order chi connectivity index (χ0) is 34.2. The van der Waals surface area contributed by atoms with Crippen LogP contribution >= 0.6 is 11.3 Å². The number of nitrogens with one attached hydrogen (secondary N) is 1. The molecule has 1 aromatic heterocycles. The lowest BCUT2D eigenvalue weighted by Gasteiger charge is -2.24. The SMILES string of the molecule is CCOC(=O)C1=C(C)N=c2s/c(=C/c3ccc(OCC(=O)Nc4ccccc4OC)c(OCC)c3)c(=O)n2[C@H]1c1ccc(OCC)cc1. The van der Waals surface area contributed by atoms with E-state index in [-0.39, 0.29) is 24.7 Å². The summed E-state index contributed by atoms with van der Waals surface area (Å²) in [6.07, 6.45) is 1.74. The summed E-state index contributed by atoms with van der Waals surface area (Å²) in [4.78, 5) is 45.0. The fourth-order valence-electron chi connectivity index (χ4n) is 5.25. The molecule has 0 saturated heterocycles. The van der Waals surface area contributed by atoms with Crippen molar-refractivity contribution in [1.82, 2.24) is 4.57 Å². The molecule has 0 fully saturated rings. The molecule has 1 aliphatic heterocycles. The Hall–Kier alpha value is -5.36. The van der Waals surface area contributed by atoms with Crippen LogP contribution in [0, 0.1) is 0 Å². The van der Waals surface area contributed by atoms with Crippen LogP contribution in [0.25, 0.3) is 6.08 Å². The average molecular weight is 672 g/mol. The first-order chi connectivity index (χ1) is 23.3. The molecule has 12 heteroatoms. The van der Waals surface area contributed by atoms with Crippen molar-refractivity contribution in [2.45, 2.75) is 33.7 Å². The van der Waals surface area contributed by atoms with Gasteiger partial charge in [0.05, 0.1) is 54.5 Å². The number of methoxy groups -OCH3 is 1. The van der Waals surface area contributed by atoms with Gasteiger partial charge in [-0.3, -0.25) is 14.2 Å². The van der Waals surface area contributed by atoms with Gasteiger partial charge in [-0.25, -0.2) is 9.79 Å². The summed E-state index contributed by atoms with van der Waals surface area (Å²) in [5.41, 5.74) is 2.40. The Kier molecular flexibility index (Phi) is 11.0. The number of anilines is 1. The van der Waals surface area contributed by atoms with E-state index >= 15 is 0 Å². The van der Waals surface area contributed by atoms with Crippen LogP contribution < -0.4 is 39.2 Å². The van der Waals surface area contributed by atoms with Gasteiger partial charge in [0.15, 0.2) is 22.9 Å². The largest absolute Gasteiger partial charge is 0.495 e. The van der Waals surface area contributed by atoms with E-state index in [0.717, 1.165) is 5.56 Å². The van der Waals surface area contributed by atoms with E-state index in [1.807, 2.05) is 44.2 Å². The van der Waals surface area contributed by atoms with Crippen molar-refractivity contribution < 1.29 is 33.3 Å². The third-order valence-electron chi connectivity index (χ3n) is 7.33. The van der Waals surface area contributed by atoms with Gasteiger partial charge in [0.25, 0.3) is 11.5 Å². The Morgan fingerprint density at radius 3 is 2.38 bits per heavy atom. The lowest BCUT2D eigenvalue weighted by atomic mass is 9.96. The highest BCUT2D eigenvalue weighted by molar-refractivity contribution is 7.07. The van der Waals surface area contributed by atoms with Crippen LogP contribution in [0.2, 0.25) is 0 Å². The summed E-state index contributed by atoms with van der Waals surface area (Å²) in [7, 11) is 1.53. The van der Waals surface area contributed by atoms with Crippen LogP contribution in [0.3, 0.4) is 0 Å². The first-order valence-corrected chi connectivity index (χ1v) is 16.3. The van der Waals surface area contributed by atoms with Gasteiger partial charge in [0.2, 0.25) is 0 Å². The fourth-order valence-corrected chi connectivity index (χ4v) is 6.30. The Labute approximate surface area is 281 Å². The van der Waals surface area contributed by atoms with E-state index < -0.39 is 12.0 Å². The van der Waals surface area contributed by atoms with Crippen LogP contribution in [0.1, 0.15) is 44.9 Å². The molecule has 1 N–H and O–H groups in total. The molecule has 1 atom stereocenters. The van der Waals surface area contributed by atoms with Crippen LogP contribution in [-0.2, 0) is 14.3 Å². The van der Waals surface area contributed by atoms with Gasteiger partial charge in [-0.1, -0.05) is 41.7 Å². The second-order valence-electron chi connectivity index (χ2n) is 10.5. The zero-order valence-corrected chi connectivity index (χ0v) is 28.2. The highest BCUT2D eigenvalue weighted by atomic mass is 32.1. The second kappa shape index (κ2) is 15.5. The minimum atomic E-state index is -0.741. The van der Waals surface area contributed by atoms with Crippen molar-refractivity contribution in [3.63, 3.8) is 0 Å². The molecule has 3 aromatic carbocycles. The summed E-state index contributed by atoms with van der Waals surface area (Å²) >= 11 is 1.22. The zero-order valence-electron chi connectivity index (χ0n) is 27.4. The van der Waals surface area contributed by atoms with Gasteiger partial charge in [0, 0.05) is 0 Å². The van der Waals surface area contributed by atoms with Gasteiger partial charge in [0.1, 0.15) is 11.5 Å². The number of fused-ring (bicyclic) bond motifs is 1. The topological polar surface area (TPSA) is 127 Å². The molecule has 0 bridgehead atoms. The Morgan fingerprint density at radius 1 is 0.917 bits per heavy atom. The van der Waals surface area contributed by atoms with E-state index in [1.54, 1.807) is 56.3 Å². The molecule has 48 heavy (non-hydrogen) atoms. The van der Waals surface area contributed by atoms with Crippen LogP contribution in [-0.4, -0.2) is 50.0 Å². The van der Waals surface area contributed by atoms with Gasteiger partial charge in [-0.05, 0) is 81.3 Å². The number of esters is 1. The molecular weight excluding hydrogens is 634 g/mol. The molecule has 11 nitrogen and oxygen atoms in total. The van der Waals surface area contributed by atoms with Crippen LogP contribution in [0.15, 0.2) is 87.8 Å². The number of nitrogens with zero attached hydrogens (tertiary/aromatic N) is 2. The van der Waals surface area contributed by atoms with E-state index in [9.17, 15) is 14.4 Å². The standard InChI is InChI=1S/C36H37N3O8S/c1-6-44-25-16-14-24(15-17-25)33-32(35(42)46-8-3)22(4)37-36-39(33)34(41)30(48-36)20-23-13-18-28(29(19-23)45-7-2)47-21-31(40)38-26-11-9-10-12-27(26)43-5/h9-20,33H,6-8,21H2,1-5H3,(H,38,40)/b30-20+/t33-/m0/s1. The maximum atomic E-state index is 14.0. The number of ether oxygens (including phenoxy) is 5. The lowest BCUT2D eigenvalue weighted by Crippen LogP contribution is -2.39. The number of carbonyl (C=O) groups excluding carboxylic acids is 2. The molecule has 4 aromatic rings. The molecular formula is C36H37N3O8S. The van der Waals surface area contributed by atoms with Crippen molar-refractivity contribution >= 4 is 35.0 Å². The van der Waals surface area contributed by atoms with Crippen LogP contribution in [0.5, 0.6) is 23.0 Å².